The number of rotatable bonds is 4. The fraction of sp³-hybridized carbons (Fsp3) is 0.278. The van der Waals surface area contributed by atoms with E-state index in [4.69, 9.17) is 4.89 Å². The van der Waals surface area contributed by atoms with E-state index in [-0.39, 0.29) is 5.78 Å². The molecule has 3 rings (SSSR count). The second kappa shape index (κ2) is 7.14. The highest BCUT2D eigenvalue weighted by atomic mass is 31.1. The Morgan fingerprint density at radius 3 is 2.17 bits per heavy atom. The van der Waals surface area contributed by atoms with Crippen molar-refractivity contribution in [1.82, 2.24) is 0 Å². The van der Waals surface area contributed by atoms with Crippen molar-refractivity contribution in [1.29, 1.82) is 0 Å². The molecule has 0 amide bonds. The first-order chi connectivity index (χ1) is 10.9. The standard InChI is InChI=1S/C16H14O.C2H5O3P/c1-9-4-6-13(11(3)10(9)2)16(17)15-8-12-5-7-14(12)15;1-2-5-6(3)4/h4-8H,1-3H3;2H2,1H3/p+1. The predicted octanol–water partition coefficient (Wildman–Crippen LogP) is 4.50. The highest BCUT2D eigenvalue weighted by Crippen LogP contribution is 2.38. The highest BCUT2D eigenvalue weighted by Gasteiger charge is 2.24. The van der Waals surface area contributed by atoms with E-state index in [0.717, 1.165) is 22.3 Å². The van der Waals surface area contributed by atoms with Gasteiger partial charge in [0.05, 0.1) is 0 Å². The molecular weight excluding hydrogens is 311 g/mol. The van der Waals surface area contributed by atoms with Gasteiger partial charge in [-0.1, -0.05) is 24.3 Å². The first-order valence-corrected chi connectivity index (χ1v) is 8.54. The molecule has 0 bridgehead atoms. The second-order valence-electron chi connectivity index (χ2n) is 5.43. The Bertz CT molecular complexity index is 781. The average Bonchev–Trinajstić information content (AvgIpc) is 2.47. The van der Waals surface area contributed by atoms with Crippen molar-refractivity contribution in [2.75, 3.05) is 6.61 Å². The lowest BCUT2D eigenvalue weighted by atomic mass is 9.81. The van der Waals surface area contributed by atoms with Crippen LogP contribution in [-0.4, -0.2) is 17.3 Å². The Labute approximate surface area is 137 Å². The summed E-state index contributed by atoms with van der Waals surface area (Å²) in [7, 11) is -2.35. The minimum atomic E-state index is -2.35. The summed E-state index contributed by atoms with van der Waals surface area (Å²) in [5, 5.41) is 0. The molecule has 1 N–H and O–H groups in total. The number of carbonyl (C=O) groups excluding carboxylic acids is 1. The van der Waals surface area contributed by atoms with Crippen LogP contribution in [0.25, 0.3) is 11.1 Å². The minimum Gasteiger partial charge on any atom is -0.289 e. The molecule has 1 aromatic rings. The lowest BCUT2D eigenvalue weighted by molar-refractivity contribution is 0.103. The number of ketones is 1. The summed E-state index contributed by atoms with van der Waals surface area (Å²) in [6.45, 7) is 8.13. The molecule has 0 spiro atoms. The zero-order valence-electron chi connectivity index (χ0n) is 13.7. The lowest BCUT2D eigenvalue weighted by Crippen LogP contribution is -2.11. The van der Waals surface area contributed by atoms with Crippen LogP contribution >= 0.6 is 8.25 Å². The number of hydrogen-bond donors (Lipinski definition) is 1. The van der Waals surface area contributed by atoms with Crippen LogP contribution < -0.4 is 0 Å². The van der Waals surface area contributed by atoms with E-state index in [1.165, 1.54) is 16.7 Å². The normalized spacial score (nSPS) is 11.4. The summed E-state index contributed by atoms with van der Waals surface area (Å²) in [6, 6.07) is 10.0. The molecule has 0 heterocycles. The van der Waals surface area contributed by atoms with E-state index in [1.54, 1.807) is 6.92 Å². The quantitative estimate of drug-likeness (QED) is 0.565. The van der Waals surface area contributed by atoms with Crippen LogP contribution in [0.3, 0.4) is 0 Å². The van der Waals surface area contributed by atoms with Crippen molar-refractivity contribution < 1.29 is 18.8 Å². The molecule has 23 heavy (non-hydrogen) atoms. The van der Waals surface area contributed by atoms with Crippen molar-refractivity contribution in [2.24, 2.45) is 0 Å². The third-order valence-electron chi connectivity index (χ3n) is 4.12. The van der Waals surface area contributed by atoms with E-state index < -0.39 is 8.25 Å². The van der Waals surface area contributed by atoms with Gasteiger partial charge in [0.2, 0.25) is 0 Å². The van der Waals surface area contributed by atoms with Gasteiger partial charge in [-0.25, -0.2) is 0 Å². The van der Waals surface area contributed by atoms with Gasteiger partial charge in [0.25, 0.3) is 0 Å². The Morgan fingerprint density at radius 2 is 1.78 bits per heavy atom. The minimum absolute atomic E-state index is 0.161. The van der Waals surface area contributed by atoms with Gasteiger partial charge in [-0.2, -0.15) is 0 Å². The van der Waals surface area contributed by atoms with Gasteiger partial charge in [0.1, 0.15) is 6.61 Å². The van der Waals surface area contributed by atoms with Gasteiger partial charge in [0.15, 0.2) is 5.78 Å². The summed E-state index contributed by atoms with van der Waals surface area (Å²) >= 11 is 0. The molecule has 0 fully saturated rings. The molecule has 1 atom stereocenters. The molecule has 0 aliphatic heterocycles. The first kappa shape index (κ1) is 17.5. The Balaban J connectivity index is 0.000000277. The number of hydrogen-bond acceptors (Lipinski definition) is 3. The zero-order valence-corrected chi connectivity index (χ0v) is 14.6. The van der Waals surface area contributed by atoms with Gasteiger partial charge in [-0.15, -0.1) is 9.42 Å². The van der Waals surface area contributed by atoms with Crippen LogP contribution in [-0.2, 0) is 9.09 Å². The van der Waals surface area contributed by atoms with E-state index >= 15 is 0 Å². The molecule has 1 aromatic carbocycles. The van der Waals surface area contributed by atoms with Crippen molar-refractivity contribution in [3.05, 3.63) is 58.1 Å². The molecule has 0 saturated heterocycles. The number of carbonyl (C=O) groups is 1. The van der Waals surface area contributed by atoms with E-state index in [2.05, 4.69) is 18.4 Å². The summed E-state index contributed by atoms with van der Waals surface area (Å²) < 4.78 is 13.6. The van der Waals surface area contributed by atoms with Crippen LogP contribution in [0.2, 0.25) is 0 Å². The number of benzene rings is 2. The molecule has 0 saturated carbocycles. The maximum absolute atomic E-state index is 12.4. The van der Waals surface area contributed by atoms with E-state index in [0.29, 0.717) is 6.61 Å². The maximum atomic E-state index is 12.4. The molecule has 4 nitrogen and oxygen atoms in total. The predicted molar refractivity (Wildman–Crippen MR) is 91.0 cm³/mol. The van der Waals surface area contributed by atoms with Gasteiger partial charge in [0, 0.05) is 15.7 Å². The average molecular weight is 331 g/mol. The largest absolute Gasteiger partial charge is 0.694 e. The van der Waals surface area contributed by atoms with Crippen molar-refractivity contribution in [3.8, 4) is 11.1 Å². The summed E-state index contributed by atoms with van der Waals surface area (Å²) in [6.07, 6.45) is 0. The second-order valence-corrected chi connectivity index (χ2v) is 6.16. The van der Waals surface area contributed by atoms with Crippen molar-refractivity contribution >= 4 is 14.0 Å². The van der Waals surface area contributed by atoms with Crippen LogP contribution in [0.15, 0.2) is 30.3 Å². The lowest BCUT2D eigenvalue weighted by Gasteiger charge is -2.21. The maximum Gasteiger partial charge on any atom is 0.694 e. The van der Waals surface area contributed by atoms with Crippen LogP contribution in [0.5, 0.6) is 0 Å². The molecule has 1 unspecified atom stereocenters. The molecule has 2 aliphatic carbocycles. The van der Waals surface area contributed by atoms with Crippen LogP contribution in [0.4, 0.5) is 0 Å². The Morgan fingerprint density at radius 1 is 1.09 bits per heavy atom. The summed E-state index contributed by atoms with van der Waals surface area (Å²) in [5.41, 5.74) is 7.62. The van der Waals surface area contributed by atoms with Gasteiger partial charge >= 0.3 is 8.25 Å². The fourth-order valence-corrected chi connectivity index (χ4v) is 2.66. The van der Waals surface area contributed by atoms with E-state index in [1.807, 2.05) is 37.3 Å². The molecule has 0 aromatic heterocycles. The summed E-state index contributed by atoms with van der Waals surface area (Å²) in [5.74, 6) is 0.161. The van der Waals surface area contributed by atoms with Crippen molar-refractivity contribution in [2.45, 2.75) is 27.7 Å². The molecular formula is C18H20O4P+. The molecule has 120 valence electrons. The smallest absolute Gasteiger partial charge is 0.289 e. The Hall–Kier alpha value is -1.87. The van der Waals surface area contributed by atoms with Gasteiger partial charge in [-0.3, -0.25) is 4.79 Å². The molecule has 2 aliphatic rings. The first-order valence-electron chi connectivity index (χ1n) is 7.41. The third kappa shape index (κ3) is 3.56. The summed E-state index contributed by atoms with van der Waals surface area (Å²) in [4.78, 5) is 20.2. The van der Waals surface area contributed by atoms with Crippen LogP contribution in [0, 0.1) is 20.8 Å². The van der Waals surface area contributed by atoms with E-state index in [9.17, 15) is 9.36 Å². The molecule has 0 radical (unpaired) electrons. The topological polar surface area (TPSA) is 63.6 Å². The monoisotopic (exact) mass is 331 g/mol. The fourth-order valence-electron chi connectivity index (χ4n) is 2.43. The number of fused-ring (bicyclic) bond motifs is 1. The highest BCUT2D eigenvalue weighted by molar-refractivity contribution is 7.32. The third-order valence-corrected chi connectivity index (χ3v) is 4.60. The van der Waals surface area contributed by atoms with Gasteiger partial charge < -0.3 is 0 Å². The van der Waals surface area contributed by atoms with Crippen molar-refractivity contribution in [3.63, 3.8) is 0 Å². The SMILES string of the molecule is CCO[P+](=O)O.Cc1ccc(C(=O)c2cc3ccc2-3)c(C)c1C. The number of aryl methyl sites for hydroxylation is 1. The van der Waals surface area contributed by atoms with Gasteiger partial charge in [-0.05, 0) is 61.6 Å². The van der Waals surface area contributed by atoms with Crippen LogP contribution in [0.1, 0.15) is 39.5 Å². The molecule has 5 heteroatoms. The zero-order chi connectivity index (χ0) is 17.1. The Kier molecular flexibility index (Phi) is 5.42.